The zero-order valence-corrected chi connectivity index (χ0v) is 10.4. The first kappa shape index (κ1) is 12.0. The fraction of sp³-hybridized carbons (Fsp3) is 0.111. The largest absolute Gasteiger partial charge is 1.00 e. The zero-order chi connectivity index (χ0) is 10.1. The first-order chi connectivity index (χ1) is 6.72. The summed E-state index contributed by atoms with van der Waals surface area (Å²) < 4.78 is 4.98. The second-order valence-corrected chi connectivity index (χ2v) is 2.77. The number of carbonyl (C=O) groups is 1. The van der Waals surface area contributed by atoms with E-state index in [4.69, 9.17) is 4.74 Å². The number of ether oxygens (including phenoxy) is 1. The quantitative estimate of drug-likeness (QED) is 0.538. The fourth-order valence-corrected chi connectivity index (χ4v) is 1.28. The van der Waals surface area contributed by atoms with Crippen LogP contribution in [0, 0.1) is 0 Å². The molecule has 0 bridgehead atoms. The second-order valence-electron chi connectivity index (χ2n) is 2.77. The van der Waals surface area contributed by atoms with Crippen LogP contribution in [0.2, 0.25) is 0 Å². The number of carboxylic acid groups (broad SMARTS) is 1. The number of fused-ring (bicyclic) bond motifs is 1. The van der Waals surface area contributed by atoms with E-state index in [1.165, 1.54) is 7.11 Å². The predicted octanol–water partition coefficient (Wildman–Crippen LogP) is -3.06. The van der Waals surface area contributed by atoms with Gasteiger partial charge in [0.05, 0.1) is 18.6 Å². The van der Waals surface area contributed by atoms with Gasteiger partial charge in [-0.2, -0.15) is 5.10 Å². The maximum atomic E-state index is 10.6. The number of hydrogen-bond acceptors (Lipinski definition) is 4. The molecule has 15 heavy (non-hydrogen) atoms. The summed E-state index contributed by atoms with van der Waals surface area (Å²) >= 11 is 0. The number of carboxylic acids is 1. The van der Waals surface area contributed by atoms with Gasteiger partial charge >= 0.3 is 29.6 Å². The van der Waals surface area contributed by atoms with Gasteiger partial charge in [-0.15, -0.1) is 0 Å². The number of methoxy groups -OCH3 is 1. The molecular weight excluding hydrogens is 207 g/mol. The predicted molar refractivity (Wildman–Crippen MR) is 47.0 cm³/mol. The molecule has 0 saturated carbocycles. The Labute approximate surface area is 108 Å². The maximum Gasteiger partial charge on any atom is 1.00 e. The van der Waals surface area contributed by atoms with E-state index < -0.39 is 5.97 Å². The first-order valence-corrected chi connectivity index (χ1v) is 3.96. The summed E-state index contributed by atoms with van der Waals surface area (Å²) in [6, 6.07) is 4.97. The normalized spacial score (nSPS) is 9.67. The van der Waals surface area contributed by atoms with Gasteiger partial charge in [0.25, 0.3) is 0 Å². The van der Waals surface area contributed by atoms with Crippen LogP contribution in [0.3, 0.4) is 0 Å². The molecule has 2 aromatic rings. The van der Waals surface area contributed by atoms with Gasteiger partial charge in [-0.1, -0.05) is 0 Å². The van der Waals surface area contributed by atoms with Crippen LogP contribution >= 0.6 is 0 Å². The smallest absolute Gasteiger partial charge is 0.543 e. The molecule has 0 unspecified atom stereocenters. The van der Waals surface area contributed by atoms with E-state index in [1.54, 1.807) is 18.2 Å². The molecule has 0 amide bonds. The van der Waals surface area contributed by atoms with Gasteiger partial charge in [-0.25, -0.2) is 0 Å². The van der Waals surface area contributed by atoms with Gasteiger partial charge in [0.1, 0.15) is 11.4 Å². The minimum atomic E-state index is -1.29. The van der Waals surface area contributed by atoms with Crippen LogP contribution in [0.15, 0.2) is 18.2 Å². The molecule has 0 fully saturated rings. The molecule has 0 atom stereocenters. The molecule has 0 aliphatic rings. The average Bonchev–Trinajstić information content (AvgIpc) is 2.59. The van der Waals surface area contributed by atoms with Gasteiger partial charge in [0.2, 0.25) is 0 Å². The van der Waals surface area contributed by atoms with Crippen molar-refractivity contribution in [2.24, 2.45) is 0 Å². The van der Waals surface area contributed by atoms with E-state index in [9.17, 15) is 9.90 Å². The van der Waals surface area contributed by atoms with E-state index in [1.807, 2.05) is 0 Å². The number of nitrogens with zero attached hydrogens (tertiary/aromatic N) is 1. The van der Waals surface area contributed by atoms with Crippen molar-refractivity contribution in [2.75, 3.05) is 7.11 Å². The number of hydrogen-bond donors (Lipinski definition) is 1. The van der Waals surface area contributed by atoms with Crippen LogP contribution in [0.5, 0.6) is 5.75 Å². The van der Waals surface area contributed by atoms with Crippen molar-refractivity contribution < 1.29 is 44.2 Å². The Morgan fingerprint density at radius 1 is 1.53 bits per heavy atom. The van der Waals surface area contributed by atoms with Crippen LogP contribution in [0.25, 0.3) is 10.9 Å². The minimum Gasteiger partial charge on any atom is -0.543 e. The van der Waals surface area contributed by atoms with Gasteiger partial charge in [-0.3, -0.25) is 5.10 Å². The third-order valence-corrected chi connectivity index (χ3v) is 1.96. The van der Waals surface area contributed by atoms with Crippen molar-refractivity contribution in [1.29, 1.82) is 0 Å². The number of aromatic amines is 1. The molecule has 0 aliphatic heterocycles. The van der Waals surface area contributed by atoms with Crippen molar-refractivity contribution >= 4 is 16.9 Å². The number of aromatic carboxylic acids is 1. The Kier molecular flexibility index (Phi) is 3.73. The fourth-order valence-electron chi connectivity index (χ4n) is 1.28. The van der Waals surface area contributed by atoms with Gasteiger partial charge in [0, 0.05) is 11.5 Å². The van der Waals surface area contributed by atoms with E-state index in [2.05, 4.69) is 10.2 Å². The average molecular weight is 214 g/mol. The van der Waals surface area contributed by atoms with Crippen LogP contribution < -0.4 is 39.4 Å². The zero-order valence-electron chi connectivity index (χ0n) is 8.40. The summed E-state index contributed by atoms with van der Waals surface area (Å²) in [5, 5.41) is 17.3. The van der Waals surface area contributed by atoms with Crippen LogP contribution in [-0.4, -0.2) is 23.3 Å². The second kappa shape index (κ2) is 4.65. The monoisotopic (exact) mass is 214 g/mol. The van der Waals surface area contributed by atoms with Crippen molar-refractivity contribution in [3.05, 3.63) is 23.9 Å². The molecule has 1 aromatic heterocycles. The number of carbonyl (C=O) groups excluding carboxylic acids is 1. The minimum absolute atomic E-state index is 0. The standard InChI is InChI=1S/C9H8N2O3.Na/c1-14-5-2-3-6-7(4-5)10-11-8(6)9(12)13;/h2-4H,1H3,(H,10,11)(H,12,13);/q;+1/p-1. The van der Waals surface area contributed by atoms with Gasteiger partial charge < -0.3 is 14.6 Å². The topological polar surface area (TPSA) is 78.0 Å². The molecule has 0 spiro atoms. The Morgan fingerprint density at radius 2 is 2.27 bits per heavy atom. The molecular formula is C9H7N2NaO3. The van der Waals surface area contributed by atoms with Crippen molar-refractivity contribution in [2.45, 2.75) is 0 Å². The Morgan fingerprint density at radius 3 is 2.87 bits per heavy atom. The SMILES string of the molecule is COc1ccc2c(C(=O)[O-])n[nH]c2c1.[Na+]. The van der Waals surface area contributed by atoms with Crippen LogP contribution in [0.1, 0.15) is 10.5 Å². The number of benzene rings is 1. The summed E-state index contributed by atoms with van der Waals surface area (Å²) in [5.74, 6) is -0.646. The summed E-state index contributed by atoms with van der Waals surface area (Å²) in [6.45, 7) is 0. The van der Waals surface area contributed by atoms with E-state index in [-0.39, 0.29) is 35.3 Å². The number of aromatic nitrogens is 2. The van der Waals surface area contributed by atoms with Crippen molar-refractivity contribution in [3.8, 4) is 5.75 Å². The molecule has 2 rings (SSSR count). The van der Waals surface area contributed by atoms with Crippen molar-refractivity contribution in [1.82, 2.24) is 10.2 Å². The number of H-pyrrole nitrogens is 1. The Bertz CT molecular complexity index is 495. The van der Waals surface area contributed by atoms with Crippen molar-refractivity contribution in [3.63, 3.8) is 0 Å². The van der Waals surface area contributed by atoms with Crippen LogP contribution in [0.4, 0.5) is 0 Å². The van der Waals surface area contributed by atoms with E-state index in [0.29, 0.717) is 16.7 Å². The molecule has 1 N–H and O–H groups in total. The van der Waals surface area contributed by atoms with Gasteiger partial charge in [-0.05, 0) is 12.1 Å². The maximum absolute atomic E-state index is 10.6. The molecule has 72 valence electrons. The number of rotatable bonds is 2. The van der Waals surface area contributed by atoms with E-state index >= 15 is 0 Å². The molecule has 0 aliphatic carbocycles. The molecule has 5 nitrogen and oxygen atoms in total. The van der Waals surface area contributed by atoms with Gasteiger partial charge in [0.15, 0.2) is 0 Å². The first-order valence-electron chi connectivity index (χ1n) is 3.96. The molecule has 0 radical (unpaired) electrons. The molecule has 1 heterocycles. The summed E-state index contributed by atoms with van der Waals surface area (Å²) in [5.41, 5.74) is 0.534. The Hall–Kier alpha value is -1.04. The Balaban J connectivity index is 0.00000112. The van der Waals surface area contributed by atoms with E-state index in [0.717, 1.165) is 0 Å². The third kappa shape index (κ3) is 2.14. The summed E-state index contributed by atoms with van der Waals surface area (Å²) in [6.07, 6.45) is 0. The summed E-state index contributed by atoms with van der Waals surface area (Å²) in [7, 11) is 1.54. The molecule has 1 aromatic carbocycles. The third-order valence-electron chi connectivity index (χ3n) is 1.96. The summed E-state index contributed by atoms with van der Waals surface area (Å²) in [4.78, 5) is 10.6. The number of nitrogens with one attached hydrogen (secondary N) is 1. The van der Waals surface area contributed by atoms with Crippen LogP contribution in [-0.2, 0) is 0 Å². The molecule has 6 heteroatoms. The molecule has 0 saturated heterocycles.